The summed E-state index contributed by atoms with van der Waals surface area (Å²) < 4.78 is 32.2. The van der Waals surface area contributed by atoms with Gasteiger partial charge in [0.25, 0.3) is 0 Å². The molecule has 2 aromatic carbocycles. The van der Waals surface area contributed by atoms with E-state index >= 15 is 0 Å². The van der Waals surface area contributed by atoms with E-state index in [-0.39, 0.29) is 15.8 Å². The smallest absolute Gasteiger partial charge is 0.338 e. The highest BCUT2D eigenvalue weighted by Crippen LogP contribution is 2.26. The molecule has 0 aliphatic carbocycles. The largest absolute Gasteiger partial charge is 0.462 e. The summed E-state index contributed by atoms with van der Waals surface area (Å²) >= 11 is 12.0. The zero-order valence-electron chi connectivity index (χ0n) is 14.2. The number of benzene rings is 2. The van der Waals surface area contributed by atoms with Crippen molar-refractivity contribution in [1.82, 2.24) is 0 Å². The average molecular weight is 416 g/mol. The Morgan fingerprint density at radius 2 is 1.69 bits per heavy atom. The lowest BCUT2D eigenvalue weighted by Crippen LogP contribution is -2.15. The van der Waals surface area contributed by atoms with E-state index in [1.54, 1.807) is 18.2 Å². The number of anilines is 1. The molecule has 0 spiro atoms. The summed E-state index contributed by atoms with van der Waals surface area (Å²) in [6, 6.07) is 10.8. The number of rotatable bonds is 8. The topological polar surface area (TPSA) is 72.5 Å². The summed E-state index contributed by atoms with van der Waals surface area (Å²) in [5.41, 5.74) is 1.02. The van der Waals surface area contributed by atoms with E-state index in [1.807, 2.05) is 6.92 Å². The van der Waals surface area contributed by atoms with Gasteiger partial charge in [-0.15, -0.1) is 0 Å². The van der Waals surface area contributed by atoms with Crippen LogP contribution >= 0.6 is 23.2 Å². The number of carbonyl (C=O) groups is 1. The van der Waals surface area contributed by atoms with Crippen LogP contribution in [0.25, 0.3) is 0 Å². The number of nitrogens with one attached hydrogen (secondary N) is 1. The molecule has 0 atom stereocenters. The van der Waals surface area contributed by atoms with Gasteiger partial charge in [0.2, 0.25) is 10.0 Å². The number of unbranched alkanes of at least 4 members (excludes halogenated alkanes) is 1. The molecule has 0 unspecified atom stereocenters. The second-order valence-electron chi connectivity index (χ2n) is 5.63. The molecule has 140 valence electrons. The van der Waals surface area contributed by atoms with Crippen molar-refractivity contribution in [3.05, 3.63) is 63.6 Å². The lowest BCUT2D eigenvalue weighted by atomic mass is 10.2. The number of ether oxygens (including phenoxy) is 1. The molecular weight excluding hydrogens is 397 g/mol. The predicted molar refractivity (Wildman–Crippen MR) is 104 cm³/mol. The fraction of sp³-hybridized carbons (Fsp3) is 0.278. The molecule has 2 rings (SSSR count). The van der Waals surface area contributed by atoms with Gasteiger partial charge in [-0.05, 0) is 42.8 Å². The van der Waals surface area contributed by atoms with Crippen molar-refractivity contribution < 1.29 is 17.9 Å². The third-order valence-electron chi connectivity index (χ3n) is 3.52. The van der Waals surface area contributed by atoms with E-state index in [4.69, 9.17) is 27.9 Å². The van der Waals surface area contributed by atoms with Crippen LogP contribution in [0.3, 0.4) is 0 Å². The molecular formula is C18H19Cl2NO4S. The summed E-state index contributed by atoms with van der Waals surface area (Å²) in [5.74, 6) is -0.789. The molecule has 0 saturated heterocycles. The third kappa shape index (κ3) is 5.90. The highest BCUT2D eigenvalue weighted by atomic mass is 35.5. The molecule has 5 nitrogen and oxygen atoms in total. The molecule has 1 N–H and O–H groups in total. The minimum absolute atomic E-state index is 0.285. The molecule has 26 heavy (non-hydrogen) atoms. The Morgan fingerprint density at radius 3 is 2.27 bits per heavy atom. The Hall–Kier alpha value is -1.76. The molecule has 0 fully saturated rings. The van der Waals surface area contributed by atoms with E-state index < -0.39 is 16.0 Å². The second-order valence-corrected chi connectivity index (χ2v) is 8.16. The highest BCUT2D eigenvalue weighted by Gasteiger charge is 2.17. The molecule has 8 heteroatoms. The number of halogens is 2. The maximum absolute atomic E-state index is 12.3. The van der Waals surface area contributed by atoms with E-state index in [2.05, 4.69) is 4.72 Å². The van der Waals surface area contributed by atoms with Crippen LogP contribution in [0.1, 0.15) is 35.7 Å². The van der Waals surface area contributed by atoms with Gasteiger partial charge in [-0.3, -0.25) is 4.72 Å². The normalized spacial score (nSPS) is 11.2. The Labute approximate surface area is 163 Å². The molecule has 0 saturated carbocycles. The first-order valence-corrected chi connectivity index (χ1v) is 10.4. The van der Waals surface area contributed by atoms with Gasteiger partial charge in [0.1, 0.15) is 0 Å². The van der Waals surface area contributed by atoms with Gasteiger partial charge in [-0.25, -0.2) is 13.2 Å². The SMILES string of the molecule is CCCCOC(=O)c1ccc(NS(=O)(=O)Cc2c(Cl)cccc2Cl)cc1. The Kier molecular flexibility index (Phi) is 7.32. The molecule has 0 aliphatic heterocycles. The van der Waals surface area contributed by atoms with Crippen molar-refractivity contribution in [1.29, 1.82) is 0 Å². The maximum atomic E-state index is 12.3. The number of sulfonamides is 1. The molecule has 0 radical (unpaired) electrons. The van der Waals surface area contributed by atoms with Crippen LogP contribution in [-0.2, 0) is 20.5 Å². The van der Waals surface area contributed by atoms with Crippen LogP contribution in [0.2, 0.25) is 10.0 Å². The zero-order valence-corrected chi connectivity index (χ0v) is 16.5. The van der Waals surface area contributed by atoms with E-state index in [9.17, 15) is 13.2 Å². The van der Waals surface area contributed by atoms with Crippen LogP contribution in [0.4, 0.5) is 5.69 Å². The minimum Gasteiger partial charge on any atom is -0.462 e. The van der Waals surface area contributed by atoms with Crippen molar-refractivity contribution >= 4 is 44.9 Å². The fourth-order valence-corrected chi connectivity index (χ4v) is 4.09. The van der Waals surface area contributed by atoms with Gasteiger partial charge >= 0.3 is 5.97 Å². The van der Waals surface area contributed by atoms with Gasteiger partial charge in [-0.2, -0.15) is 0 Å². The van der Waals surface area contributed by atoms with E-state index in [0.29, 0.717) is 23.4 Å². The third-order valence-corrected chi connectivity index (χ3v) is 5.44. The first-order chi connectivity index (χ1) is 12.3. The van der Waals surface area contributed by atoms with Crippen molar-refractivity contribution in [2.45, 2.75) is 25.5 Å². The van der Waals surface area contributed by atoms with Crippen molar-refractivity contribution in [3.63, 3.8) is 0 Å². The monoisotopic (exact) mass is 415 g/mol. The highest BCUT2D eigenvalue weighted by molar-refractivity contribution is 7.91. The molecule has 0 heterocycles. The number of carbonyl (C=O) groups excluding carboxylic acids is 1. The average Bonchev–Trinajstić information content (AvgIpc) is 2.59. The predicted octanol–water partition coefficient (Wildman–Crippen LogP) is 4.89. The molecule has 2 aromatic rings. The molecule has 0 aromatic heterocycles. The molecule has 0 aliphatic rings. The molecule has 0 amide bonds. The first-order valence-electron chi connectivity index (χ1n) is 8.03. The van der Waals surface area contributed by atoms with Gasteiger partial charge < -0.3 is 4.74 Å². The lowest BCUT2D eigenvalue weighted by molar-refractivity contribution is 0.0500. The number of esters is 1. The van der Waals surface area contributed by atoms with Gasteiger partial charge in [0.15, 0.2) is 0 Å². The second kappa shape index (κ2) is 9.26. The lowest BCUT2D eigenvalue weighted by Gasteiger charge is -2.11. The summed E-state index contributed by atoms with van der Waals surface area (Å²) in [4.78, 5) is 11.8. The Morgan fingerprint density at radius 1 is 1.08 bits per heavy atom. The van der Waals surface area contributed by atoms with E-state index in [1.165, 1.54) is 24.3 Å². The van der Waals surface area contributed by atoms with Crippen molar-refractivity contribution in [3.8, 4) is 0 Å². The van der Waals surface area contributed by atoms with Crippen LogP contribution in [-0.4, -0.2) is 21.0 Å². The van der Waals surface area contributed by atoms with Crippen LogP contribution in [0, 0.1) is 0 Å². The molecule has 0 bridgehead atoms. The Balaban J connectivity index is 2.04. The number of hydrogen-bond acceptors (Lipinski definition) is 4. The van der Waals surface area contributed by atoms with Gasteiger partial charge in [-0.1, -0.05) is 42.6 Å². The van der Waals surface area contributed by atoms with Crippen molar-refractivity contribution in [2.24, 2.45) is 0 Å². The van der Waals surface area contributed by atoms with Crippen LogP contribution < -0.4 is 4.72 Å². The first kappa shape index (κ1) is 20.6. The van der Waals surface area contributed by atoms with Gasteiger partial charge in [0, 0.05) is 21.3 Å². The fourth-order valence-electron chi connectivity index (χ4n) is 2.14. The van der Waals surface area contributed by atoms with E-state index in [0.717, 1.165) is 12.8 Å². The maximum Gasteiger partial charge on any atom is 0.338 e. The standard InChI is InChI=1S/C18H19Cl2NO4S/c1-2-3-11-25-18(22)13-7-9-14(10-8-13)21-26(23,24)12-15-16(19)5-4-6-17(15)20/h4-10,21H,2-3,11-12H2,1H3. The zero-order chi connectivity index (χ0) is 19.2. The van der Waals surface area contributed by atoms with Crippen molar-refractivity contribution in [2.75, 3.05) is 11.3 Å². The van der Waals surface area contributed by atoms with Gasteiger partial charge in [0.05, 0.1) is 17.9 Å². The van der Waals surface area contributed by atoms with Crippen LogP contribution in [0.15, 0.2) is 42.5 Å². The minimum atomic E-state index is -3.72. The Bertz CT molecular complexity index is 847. The summed E-state index contributed by atoms with van der Waals surface area (Å²) in [6.45, 7) is 2.37. The van der Waals surface area contributed by atoms with Crippen LogP contribution in [0.5, 0.6) is 0 Å². The quantitative estimate of drug-likeness (QED) is 0.491. The summed E-state index contributed by atoms with van der Waals surface area (Å²) in [5, 5.41) is 0.570. The number of hydrogen-bond donors (Lipinski definition) is 1. The summed E-state index contributed by atoms with van der Waals surface area (Å²) in [6.07, 6.45) is 1.73. The summed E-state index contributed by atoms with van der Waals surface area (Å²) in [7, 11) is -3.72.